The van der Waals surface area contributed by atoms with Gasteiger partial charge in [0.25, 0.3) is 5.91 Å². The van der Waals surface area contributed by atoms with Gasteiger partial charge in [0, 0.05) is 38.3 Å². The van der Waals surface area contributed by atoms with Crippen LogP contribution in [0.4, 0.5) is 0 Å². The number of likely N-dealkylation sites (tertiary alicyclic amines) is 1. The van der Waals surface area contributed by atoms with Crippen LogP contribution in [0.3, 0.4) is 0 Å². The Morgan fingerprint density at radius 3 is 2.63 bits per heavy atom. The van der Waals surface area contributed by atoms with E-state index in [2.05, 4.69) is 5.10 Å². The van der Waals surface area contributed by atoms with Gasteiger partial charge in [-0.1, -0.05) is 25.3 Å². The molecule has 158 valence electrons. The first-order chi connectivity index (χ1) is 14.5. The van der Waals surface area contributed by atoms with E-state index in [4.69, 9.17) is 4.74 Å². The summed E-state index contributed by atoms with van der Waals surface area (Å²) in [4.78, 5) is 29.9. The number of amides is 2. The van der Waals surface area contributed by atoms with Crippen molar-refractivity contribution in [3.63, 3.8) is 0 Å². The molecule has 2 amide bonds. The average Bonchev–Trinajstić information content (AvgIpc) is 3.37. The average molecular weight is 409 g/mol. The topological polar surface area (TPSA) is 67.7 Å². The number of ether oxygens (including phenoxy) is 1. The van der Waals surface area contributed by atoms with E-state index in [1.807, 2.05) is 43.4 Å². The van der Waals surface area contributed by atoms with Crippen LogP contribution in [0.15, 0.2) is 30.6 Å². The Labute approximate surface area is 176 Å². The molecule has 0 spiro atoms. The Kier molecular flexibility index (Phi) is 4.76. The maximum Gasteiger partial charge on any atom is 0.257 e. The van der Waals surface area contributed by atoms with Crippen LogP contribution in [-0.2, 0) is 11.8 Å². The smallest absolute Gasteiger partial charge is 0.257 e. The fourth-order valence-electron chi connectivity index (χ4n) is 5.08. The van der Waals surface area contributed by atoms with E-state index >= 15 is 0 Å². The molecule has 2 atom stereocenters. The fourth-order valence-corrected chi connectivity index (χ4v) is 5.08. The predicted molar refractivity (Wildman–Crippen MR) is 112 cm³/mol. The van der Waals surface area contributed by atoms with E-state index in [9.17, 15) is 9.59 Å². The largest absolute Gasteiger partial charge is 0.485 e. The molecule has 1 aromatic carbocycles. The van der Waals surface area contributed by atoms with Crippen molar-refractivity contribution in [3.05, 3.63) is 36.2 Å². The molecule has 7 heteroatoms. The van der Waals surface area contributed by atoms with Crippen molar-refractivity contribution in [1.82, 2.24) is 19.6 Å². The summed E-state index contributed by atoms with van der Waals surface area (Å²) in [6.45, 7) is 1.08. The van der Waals surface area contributed by atoms with E-state index in [-0.39, 0.29) is 29.9 Å². The minimum atomic E-state index is -0.211. The standard InChI is InChI=1S/C23H28N4O3/c1-25-12-17(11-24-25)16-8-9-18-20(10-16)30-21-14-27(13-19(21)26(2)23(18)29)22(28)15-6-4-3-5-7-15/h8-12,15,19,21H,3-7,13-14H2,1-2H3/t19-,21+/m1/s1. The number of carbonyl (C=O) groups excluding carboxylic acids is 2. The fraction of sp³-hybridized carbons (Fsp3) is 0.522. The first-order valence-corrected chi connectivity index (χ1v) is 10.9. The van der Waals surface area contributed by atoms with E-state index in [0.29, 0.717) is 24.4 Å². The summed E-state index contributed by atoms with van der Waals surface area (Å²) in [6.07, 6.45) is 9.00. The highest BCUT2D eigenvalue weighted by atomic mass is 16.5. The van der Waals surface area contributed by atoms with Crippen molar-refractivity contribution in [2.24, 2.45) is 13.0 Å². The summed E-state index contributed by atoms with van der Waals surface area (Å²) in [5, 5.41) is 4.23. The number of likely N-dealkylation sites (N-methyl/N-ethyl adjacent to an activating group) is 1. The minimum absolute atomic E-state index is 0.0535. The molecule has 1 saturated carbocycles. The second-order valence-electron chi connectivity index (χ2n) is 8.83. The van der Waals surface area contributed by atoms with E-state index in [1.165, 1.54) is 6.42 Å². The molecule has 2 aromatic rings. The normalized spacial score (nSPS) is 24.3. The van der Waals surface area contributed by atoms with Crippen LogP contribution in [0.25, 0.3) is 11.1 Å². The Morgan fingerprint density at radius 1 is 1.10 bits per heavy atom. The van der Waals surface area contributed by atoms with Crippen molar-refractivity contribution in [2.75, 3.05) is 20.1 Å². The Morgan fingerprint density at radius 2 is 1.90 bits per heavy atom. The second-order valence-corrected chi connectivity index (χ2v) is 8.83. The van der Waals surface area contributed by atoms with Gasteiger partial charge in [-0.3, -0.25) is 14.3 Å². The summed E-state index contributed by atoms with van der Waals surface area (Å²) in [5.74, 6) is 0.901. The summed E-state index contributed by atoms with van der Waals surface area (Å²) >= 11 is 0. The van der Waals surface area contributed by atoms with Gasteiger partial charge in [0.15, 0.2) is 0 Å². The third-order valence-corrected chi connectivity index (χ3v) is 6.85. The van der Waals surface area contributed by atoms with Gasteiger partial charge in [-0.2, -0.15) is 5.10 Å². The number of aromatic nitrogens is 2. The molecule has 0 N–H and O–H groups in total. The summed E-state index contributed by atoms with van der Waals surface area (Å²) in [7, 11) is 3.70. The van der Waals surface area contributed by atoms with Crippen LogP contribution in [0, 0.1) is 5.92 Å². The third-order valence-electron chi connectivity index (χ3n) is 6.85. The molecule has 0 radical (unpaired) electrons. The highest BCUT2D eigenvalue weighted by Crippen LogP contribution is 2.35. The molecular formula is C23H28N4O3. The van der Waals surface area contributed by atoms with Crippen LogP contribution in [0.5, 0.6) is 5.75 Å². The van der Waals surface area contributed by atoms with Crippen LogP contribution in [0.2, 0.25) is 0 Å². The van der Waals surface area contributed by atoms with E-state index < -0.39 is 0 Å². The van der Waals surface area contributed by atoms with E-state index in [0.717, 1.165) is 36.8 Å². The van der Waals surface area contributed by atoms with Crippen molar-refractivity contribution < 1.29 is 14.3 Å². The van der Waals surface area contributed by atoms with Crippen LogP contribution in [0.1, 0.15) is 42.5 Å². The molecule has 1 aliphatic carbocycles. The monoisotopic (exact) mass is 408 g/mol. The van der Waals surface area contributed by atoms with Crippen LogP contribution in [-0.4, -0.2) is 63.7 Å². The first kappa shape index (κ1) is 19.2. The Balaban J connectivity index is 1.41. The van der Waals surface area contributed by atoms with Crippen molar-refractivity contribution in [3.8, 4) is 16.9 Å². The number of aryl methyl sites for hydroxylation is 1. The zero-order valence-corrected chi connectivity index (χ0v) is 17.6. The van der Waals surface area contributed by atoms with Crippen molar-refractivity contribution >= 4 is 11.8 Å². The Bertz CT molecular complexity index is 979. The van der Waals surface area contributed by atoms with Gasteiger partial charge in [-0.25, -0.2) is 0 Å². The quantitative estimate of drug-likeness (QED) is 0.766. The first-order valence-electron chi connectivity index (χ1n) is 10.9. The molecule has 7 nitrogen and oxygen atoms in total. The molecule has 30 heavy (non-hydrogen) atoms. The summed E-state index contributed by atoms with van der Waals surface area (Å²) < 4.78 is 8.13. The van der Waals surface area contributed by atoms with Gasteiger partial charge in [-0.05, 0) is 30.5 Å². The second kappa shape index (κ2) is 7.45. The number of rotatable bonds is 2. The molecule has 0 bridgehead atoms. The number of hydrogen-bond donors (Lipinski definition) is 0. The van der Waals surface area contributed by atoms with Crippen LogP contribution >= 0.6 is 0 Å². The van der Waals surface area contributed by atoms with Gasteiger partial charge in [-0.15, -0.1) is 0 Å². The number of nitrogens with zero attached hydrogens (tertiary/aromatic N) is 4. The number of benzene rings is 1. The molecule has 2 aliphatic heterocycles. The molecule has 5 rings (SSSR count). The highest BCUT2D eigenvalue weighted by Gasteiger charge is 2.44. The predicted octanol–water partition coefficient (Wildman–Crippen LogP) is 2.71. The van der Waals surface area contributed by atoms with Crippen molar-refractivity contribution in [2.45, 2.75) is 44.2 Å². The highest BCUT2D eigenvalue weighted by molar-refractivity contribution is 5.98. The van der Waals surface area contributed by atoms with Gasteiger partial charge >= 0.3 is 0 Å². The number of hydrogen-bond acceptors (Lipinski definition) is 4. The lowest BCUT2D eigenvalue weighted by atomic mass is 9.88. The number of fused-ring (bicyclic) bond motifs is 2. The zero-order chi connectivity index (χ0) is 20.8. The molecule has 3 heterocycles. The molecule has 0 unspecified atom stereocenters. The zero-order valence-electron chi connectivity index (χ0n) is 17.6. The molecule has 1 saturated heterocycles. The number of carbonyl (C=O) groups is 2. The lowest BCUT2D eigenvalue weighted by Crippen LogP contribution is -2.44. The maximum atomic E-state index is 13.1. The maximum absolute atomic E-state index is 13.1. The SMILES string of the molecule is CN1C(=O)c2ccc(-c3cnn(C)c3)cc2O[C@H]2CN(C(=O)C3CCCCC3)C[C@H]21. The molecule has 3 aliphatic rings. The molecule has 1 aromatic heterocycles. The van der Waals surface area contributed by atoms with Gasteiger partial charge in [0.05, 0.1) is 24.3 Å². The van der Waals surface area contributed by atoms with Crippen molar-refractivity contribution in [1.29, 1.82) is 0 Å². The van der Waals surface area contributed by atoms with Crippen LogP contribution < -0.4 is 4.74 Å². The Hall–Kier alpha value is -2.83. The third kappa shape index (κ3) is 3.26. The van der Waals surface area contributed by atoms with Gasteiger partial charge < -0.3 is 14.5 Å². The molecule has 2 fully saturated rings. The van der Waals surface area contributed by atoms with Gasteiger partial charge in [0.1, 0.15) is 11.9 Å². The lowest BCUT2D eigenvalue weighted by Gasteiger charge is -2.27. The minimum Gasteiger partial charge on any atom is -0.485 e. The molecular weight excluding hydrogens is 380 g/mol. The summed E-state index contributed by atoms with van der Waals surface area (Å²) in [5.41, 5.74) is 2.51. The lowest BCUT2D eigenvalue weighted by molar-refractivity contribution is -0.135. The summed E-state index contributed by atoms with van der Waals surface area (Å²) in [6, 6.07) is 5.57. The van der Waals surface area contributed by atoms with E-state index in [1.54, 1.807) is 15.8 Å². The van der Waals surface area contributed by atoms with Gasteiger partial charge in [0.2, 0.25) is 5.91 Å².